The van der Waals surface area contributed by atoms with Gasteiger partial charge in [-0.05, 0) is 0 Å². The number of aliphatic hydroxyl groups excluding tert-OH is 1. The average molecular weight is 256 g/mol. The van der Waals surface area contributed by atoms with E-state index in [0.717, 1.165) is 0 Å². The van der Waals surface area contributed by atoms with E-state index in [1.54, 1.807) is 0 Å². The molecule has 0 aromatic rings. The van der Waals surface area contributed by atoms with Crippen LogP contribution in [-0.2, 0) is 9.53 Å². The van der Waals surface area contributed by atoms with E-state index in [-0.39, 0.29) is 12.5 Å². The van der Waals surface area contributed by atoms with Gasteiger partial charge in [0.1, 0.15) is 0 Å². The highest BCUT2D eigenvalue weighted by atomic mass is 19.4. The molecule has 0 aromatic carbocycles. The molecule has 5 nitrogen and oxygen atoms in total. The number of carbonyl (C=O) groups excluding carboxylic acids is 1. The van der Waals surface area contributed by atoms with Crippen molar-refractivity contribution in [3.8, 4) is 0 Å². The summed E-state index contributed by atoms with van der Waals surface area (Å²) in [6, 6.07) is 0. The number of halogens is 3. The molecular weight excluding hydrogens is 241 g/mol. The van der Waals surface area contributed by atoms with E-state index in [1.807, 2.05) is 5.32 Å². The normalized spacial score (nSPS) is 23.2. The highest BCUT2D eigenvalue weighted by Gasteiger charge is 2.38. The highest BCUT2D eigenvalue weighted by Crippen LogP contribution is 2.19. The van der Waals surface area contributed by atoms with E-state index >= 15 is 0 Å². The Bertz CT molecular complexity index is 254. The first-order valence-corrected chi connectivity index (χ1v) is 5.23. The Balaban J connectivity index is 2.20. The van der Waals surface area contributed by atoms with Gasteiger partial charge in [0.25, 0.3) is 0 Å². The molecule has 0 bridgehead atoms. The predicted molar refractivity (Wildman–Crippen MR) is 52.3 cm³/mol. The molecule has 1 aliphatic heterocycles. The Morgan fingerprint density at radius 3 is 2.82 bits per heavy atom. The van der Waals surface area contributed by atoms with E-state index in [2.05, 4.69) is 5.32 Å². The number of rotatable bonds is 4. The zero-order valence-electron chi connectivity index (χ0n) is 9.09. The first kappa shape index (κ1) is 14.2. The monoisotopic (exact) mass is 256 g/mol. The summed E-state index contributed by atoms with van der Waals surface area (Å²) in [7, 11) is 0. The fourth-order valence-electron chi connectivity index (χ4n) is 1.36. The topological polar surface area (TPSA) is 70.6 Å². The molecule has 0 radical (unpaired) electrons. The van der Waals surface area contributed by atoms with Gasteiger partial charge in [0.05, 0.1) is 25.7 Å². The van der Waals surface area contributed by atoms with Gasteiger partial charge in [-0.3, -0.25) is 4.79 Å². The number of carbonyl (C=O) groups is 1. The molecule has 1 amide bonds. The SMILES string of the molecule is O=C(CC1CNCCO1)NCC(O)C(F)(F)F. The Morgan fingerprint density at radius 2 is 2.29 bits per heavy atom. The van der Waals surface area contributed by atoms with E-state index < -0.39 is 24.7 Å². The molecule has 0 aliphatic carbocycles. The molecule has 3 N–H and O–H groups in total. The molecule has 2 atom stereocenters. The van der Waals surface area contributed by atoms with Gasteiger partial charge in [0.15, 0.2) is 6.10 Å². The zero-order chi connectivity index (χ0) is 12.9. The molecule has 1 heterocycles. The summed E-state index contributed by atoms with van der Waals surface area (Å²) in [5.41, 5.74) is 0. The summed E-state index contributed by atoms with van der Waals surface area (Å²) in [5.74, 6) is -0.568. The minimum atomic E-state index is -4.71. The van der Waals surface area contributed by atoms with Crippen LogP contribution >= 0.6 is 0 Å². The Labute approximate surface area is 96.3 Å². The molecule has 0 saturated carbocycles. The Kier molecular flexibility index (Phi) is 5.16. The van der Waals surface area contributed by atoms with Crippen LogP contribution in [0.1, 0.15) is 6.42 Å². The van der Waals surface area contributed by atoms with Crippen LogP contribution in [0.4, 0.5) is 13.2 Å². The molecule has 0 aromatic heterocycles. The summed E-state index contributed by atoms with van der Waals surface area (Å²) in [6.07, 6.45) is -7.59. The number of nitrogens with one attached hydrogen (secondary N) is 2. The lowest BCUT2D eigenvalue weighted by Crippen LogP contribution is -2.44. The van der Waals surface area contributed by atoms with Crippen molar-refractivity contribution < 1.29 is 27.8 Å². The number of amides is 1. The summed E-state index contributed by atoms with van der Waals surface area (Å²) in [6.45, 7) is 0.839. The van der Waals surface area contributed by atoms with Gasteiger partial charge in [0.2, 0.25) is 5.91 Å². The smallest absolute Gasteiger partial charge is 0.382 e. The number of hydrogen-bond donors (Lipinski definition) is 3. The molecule has 1 rings (SSSR count). The molecule has 2 unspecified atom stereocenters. The minimum Gasteiger partial charge on any atom is -0.382 e. The number of alkyl halides is 3. The van der Waals surface area contributed by atoms with Crippen LogP contribution < -0.4 is 10.6 Å². The third kappa shape index (κ3) is 5.33. The summed E-state index contributed by atoms with van der Waals surface area (Å²) < 4.78 is 41.0. The third-order valence-corrected chi connectivity index (χ3v) is 2.29. The first-order valence-electron chi connectivity index (χ1n) is 5.23. The van der Waals surface area contributed by atoms with Gasteiger partial charge in [-0.1, -0.05) is 0 Å². The minimum absolute atomic E-state index is 0.0163. The lowest BCUT2D eigenvalue weighted by molar-refractivity contribution is -0.201. The van der Waals surface area contributed by atoms with Crippen LogP contribution in [0.2, 0.25) is 0 Å². The molecular formula is C9H15F3N2O3. The van der Waals surface area contributed by atoms with Gasteiger partial charge in [-0.15, -0.1) is 0 Å². The van der Waals surface area contributed by atoms with Gasteiger partial charge >= 0.3 is 6.18 Å². The van der Waals surface area contributed by atoms with E-state index in [1.165, 1.54) is 0 Å². The van der Waals surface area contributed by atoms with Crippen molar-refractivity contribution in [2.24, 2.45) is 0 Å². The molecule has 8 heteroatoms. The zero-order valence-corrected chi connectivity index (χ0v) is 9.09. The fraction of sp³-hybridized carbons (Fsp3) is 0.889. The second-order valence-electron chi connectivity index (χ2n) is 3.76. The van der Waals surface area contributed by atoms with Crippen LogP contribution in [0.3, 0.4) is 0 Å². The van der Waals surface area contributed by atoms with Crippen molar-refractivity contribution in [3.05, 3.63) is 0 Å². The van der Waals surface area contributed by atoms with E-state index in [4.69, 9.17) is 9.84 Å². The Morgan fingerprint density at radius 1 is 1.59 bits per heavy atom. The first-order chi connectivity index (χ1) is 7.89. The van der Waals surface area contributed by atoms with Crippen LogP contribution in [0, 0.1) is 0 Å². The number of hydrogen-bond acceptors (Lipinski definition) is 4. The van der Waals surface area contributed by atoms with Gasteiger partial charge < -0.3 is 20.5 Å². The molecule has 1 fully saturated rings. The van der Waals surface area contributed by atoms with Crippen molar-refractivity contribution >= 4 is 5.91 Å². The number of aliphatic hydroxyl groups is 1. The van der Waals surface area contributed by atoms with E-state index in [9.17, 15) is 18.0 Å². The standard InChI is InChI=1S/C9H15F3N2O3/c10-9(11,12)7(15)5-14-8(16)3-6-4-13-1-2-17-6/h6-7,13,15H,1-5H2,(H,14,16). The van der Waals surface area contributed by atoms with Crippen LogP contribution in [0.15, 0.2) is 0 Å². The van der Waals surface area contributed by atoms with Crippen LogP contribution in [0.25, 0.3) is 0 Å². The summed E-state index contributed by atoms with van der Waals surface area (Å²) in [4.78, 5) is 11.2. The predicted octanol–water partition coefficient (Wildman–Crippen LogP) is -0.596. The fourth-order valence-corrected chi connectivity index (χ4v) is 1.36. The van der Waals surface area contributed by atoms with Gasteiger partial charge in [-0.25, -0.2) is 0 Å². The Hall–Kier alpha value is -0.860. The second-order valence-corrected chi connectivity index (χ2v) is 3.76. The maximum atomic E-state index is 11.9. The van der Waals surface area contributed by atoms with Crippen molar-refractivity contribution in [2.75, 3.05) is 26.2 Å². The van der Waals surface area contributed by atoms with Crippen LogP contribution in [0.5, 0.6) is 0 Å². The van der Waals surface area contributed by atoms with Gasteiger partial charge in [0, 0.05) is 13.1 Å². The lowest BCUT2D eigenvalue weighted by Gasteiger charge is -2.23. The molecule has 1 saturated heterocycles. The largest absolute Gasteiger partial charge is 0.416 e. The molecule has 0 spiro atoms. The highest BCUT2D eigenvalue weighted by molar-refractivity contribution is 5.76. The second kappa shape index (κ2) is 6.18. The number of ether oxygens (including phenoxy) is 1. The molecule has 17 heavy (non-hydrogen) atoms. The lowest BCUT2D eigenvalue weighted by atomic mass is 10.2. The van der Waals surface area contributed by atoms with Crippen molar-refractivity contribution in [1.82, 2.24) is 10.6 Å². The maximum Gasteiger partial charge on any atom is 0.416 e. The molecule has 100 valence electrons. The van der Waals surface area contributed by atoms with Crippen molar-refractivity contribution in [2.45, 2.75) is 24.8 Å². The quantitative estimate of drug-likeness (QED) is 0.628. The number of morpholine rings is 1. The molecule has 1 aliphatic rings. The summed E-state index contributed by atoms with van der Waals surface area (Å²) in [5, 5.41) is 13.7. The van der Waals surface area contributed by atoms with Crippen molar-refractivity contribution in [1.29, 1.82) is 0 Å². The van der Waals surface area contributed by atoms with Crippen molar-refractivity contribution in [3.63, 3.8) is 0 Å². The van der Waals surface area contributed by atoms with Gasteiger partial charge in [-0.2, -0.15) is 13.2 Å². The summed E-state index contributed by atoms with van der Waals surface area (Å²) >= 11 is 0. The maximum absolute atomic E-state index is 11.9. The average Bonchev–Trinajstić information content (AvgIpc) is 2.26. The van der Waals surface area contributed by atoms with Crippen LogP contribution in [-0.4, -0.2) is 55.6 Å². The van der Waals surface area contributed by atoms with E-state index in [0.29, 0.717) is 19.7 Å². The third-order valence-electron chi connectivity index (χ3n) is 2.29.